The van der Waals surface area contributed by atoms with Crippen LogP contribution in [0.5, 0.6) is 0 Å². The number of carbonyl (C=O) groups is 2. The zero-order valence-corrected chi connectivity index (χ0v) is 22.5. The van der Waals surface area contributed by atoms with Gasteiger partial charge in [0.05, 0.1) is 18.4 Å². The summed E-state index contributed by atoms with van der Waals surface area (Å²) >= 11 is 0. The standard InChI is InChI=1S/C13H12N6O2.C9H9NO.C4H5N5O/c1-8(9-5-3-2-4-6-9)19-13(21)18-7-15-10(11(14)20)12(18)16-17-19;1-8(10-7-11)9-5-3-2-4-6-9;5-3(10)2-4(9-6)8-1-7-2/h2-8H,1H3,(H2,14,20);2-6,8H,1H3;1,6H,(H2,5,10)(H,7,8)/p+1/t2*8-;/m11./s1. The zero-order valence-electron chi connectivity index (χ0n) is 22.5. The molecule has 0 unspecified atom stereocenters. The maximum Gasteiger partial charge on any atom is 0.353 e. The van der Waals surface area contributed by atoms with Crippen molar-refractivity contribution >= 4 is 29.4 Å². The van der Waals surface area contributed by atoms with Gasteiger partial charge >= 0.3 is 5.69 Å². The number of imidazole rings is 2. The number of hydrogen-bond acceptors (Lipinski definition) is 10. The Balaban J connectivity index is 0.000000194. The number of aliphatic imine (C=N–C) groups is 1. The predicted molar refractivity (Wildman–Crippen MR) is 148 cm³/mol. The normalized spacial score (nSPS) is 11.5. The van der Waals surface area contributed by atoms with E-state index in [1.54, 1.807) is 6.08 Å². The zero-order chi connectivity index (χ0) is 30.6. The van der Waals surface area contributed by atoms with Crippen LogP contribution in [-0.2, 0) is 4.79 Å². The molecule has 3 heterocycles. The number of primary amides is 2. The summed E-state index contributed by atoms with van der Waals surface area (Å²) in [5.41, 5.74) is 16.6. The average Bonchev–Trinajstić information content (AvgIpc) is 3.67. The smallest absolute Gasteiger partial charge is 0.353 e. The van der Waals surface area contributed by atoms with Crippen LogP contribution in [0.2, 0.25) is 0 Å². The van der Waals surface area contributed by atoms with Crippen LogP contribution in [0.3, 0.4) is 0 Å². The first-order valence-corrected chi connectivity index (χ1v) is 12.2. The summed E-state index contributed by atoms with van der Waals surface area (Å²) in [5, 5.41) is 11.0. The summed E-state index contributed by atoms with van der Waals surface area (Å²) < 4.78 is 2.39. The number of amides is 2. The Morgan fingerprint density at radius 3 is 2.12 bits per heavy atom. The second kappa shape index (κ2) is 14.3. The minimum absolute atomic E-state index is 0.0593. The Morgan fingerprint density at radius 1 is 0.976 bits per heavy atom. The molecule has 0 bridgehead atoms. The molecular weight excluding hydrogens is 544 g/mol. The van der Waals surface area contributed by atoms with Gasteiger partial charge in [-0.1, -0.05) is 65.9 Å². The van der Waals surface area contributed by atoms with Crippen LogP contribution < -0.4 is 22.7 Å². The number of carbonyl (C=O) groups excluding carboxylic acids is 3. The highest BCUT2D eigenvalue weighted by Gasteiger charge is 2.18. The van der Waals surface area contributed by atoms with Crippen LogP contribution in [0.1, 0.15) is 58.0 Å². The van der Waals surface area contributed by atoms with E-state index in [0.29, 0.717) is 0 Å². The minimum atomic E-state index is -0.750. The highest BCUT2D eigenvalue weighted by atomic mass is 16.2. The van der Waals surface area contributed by atoms with Gasteiger partial charge in [0, 0.05) is 5.11 Å². The maximum atomic E-state index is 12.4. The van der Waals surface area contributed by atoms with E-state index in [9.17, 15) is 19.2 Å². The summed E-state index contributed by atoms with van der Waals surface area (Å²) in [6.45, 7) is 3.70. The Labute approximate surface area is 237 Å². The molecule has 0 saturated carbocycles. The number of fused-ring (bicyclic) bond motifs is 1. The molecule has 3 aromatic heterocycles. The molecule has 0 fully saturated rings. The summed E-state index contributed by atoms with van der Waals surface area (Å²) in [6.07, 6.45) is 4.06. The highest BCUT2D eigenvalue weighted by molar-refractivity contribution is 5.96. The molecule has 2 amide bonds. The van der Waals surface area contributed by atoms with Crippen molar-refractivity contribution in [2.75, 3.05) is 0 Å². The molecule has 42 heavy (non-hydrogen) atoms. The number of rotatable bonds is 7. The Morgan fingerprint density at radius 2 is 1.60 bits per heavy atom. The highest BCUT2D eigenvalue weighted by Crippen LogP contribution is 2.15. The van der Waals surface area contributed by atoms with E-state index in [0.717, 1.165) is 15.5 Å². The molecule has 5 aromatic rings. The van der Waals surface area contributed by atoms with Gasteiger partial charge in [-0.05, 0) is 25.0 Å². The predicted octanol–water partition coefficient (Wildman–Crippen LogP) is 0.429. The molecule has 0 aliphatic rings. The van der Waals surface area contributed by atoms with Gasteiger partial charge in [0.15, 0.2) is 17.0 Å². The topological polar surface area (TPSA) is 247 Å². The number of isocyanates is 1. The van der Waals surface area contributed by atoms with Crippen molar-refractivity contribution in [2.24, 2.45) is 21.6 Å². The number of benzene rings is 2. The monoisotopic (exact) mass is 571 g/mol. The number of aromatic amines is 1. The third-order valence-electron chi connectivity index (χ3n) is 5.78. The molecule has 2 atom stereocenters. The number of nitrogens with zero attached hydrogens (tertiary/aromatic N) is 8. The summed E-state index contributed by atoms with van der Waals surface area (Å²) in [5.74, 6) is -1.24. The number of nitrogens with two attached hydrogens (primary N) is 3. The van der Waals surface area contributed by atoms with Crippen LogP contribution in [0.15, 0.2) is 88.2 Å². The van der Waals surface area contributed by atoms with Crippen molar-refractivity contribution in [1.29, 1.82) is 0 Å². The Kier molecular flexibility index (Phi) is 10.3. The Hall–Kier alpha value is -6.15. The molecule has 16 nitrogen and oxygen atoms in total. The minimum Gasteiger partial charge on any atom is -0.364 e. The largest absolute Gasteiger partial charge is 0.364 e. The second-order valence-corrected chi connectivity index (χ2v) is 8.46. The van der Waals surface area contributed by atoms with E-state index >= 15 is 0 Å². The molecule has 0 aliphatic heterocycles. The lowest BCUT2D eigenvalue weighted by molar-refractivity contribution is -0.211. The van der Waals surface area contributed by atoms with Gasteiger partial charge in [0.25, 0.3) is 11.8 Å². The molecule has 2 aromatic carbocycles. The summed E-state index contributed by atoms with van der Waals surface area (Å²) in [7, 11) is 0. The van der Waals surface area contributed by atoms with E-state index in [4.69, 9.17) is 17.0 Å². The van der Waals surface area contributed by atoms with Crippen molar-refractivity contribution in [2.45, 2.75) is 25.9 Å². The van der Waals surface area contributed by atoms with Gasteiger partial charge in [-0.2, -0.15) is 15.2 Å². The van der Waals surface area contributed by atoms with Gasteiger partial charge in [-0.3, -0.25) is 9.59 Å². The molecule has 0 aliphatic carbocycles. The lowest BCUT2D eigenvalue weighted by atomic mass is 10.1. The lowest BCUT2D eigenvalue weighted by Gasteiger charge is -2.12. The van der Waals surface area contributed by atoms with Crippen molar-refractivity contribution in [3.8, 4) is 0 Å². The third kappa shape index (κ3) is 7.28. The van der Waals surface area contributed by atoms with Crippen LogP contribution in [-0.4, -0.2) is 52.2 Å². The average molecular weight is 572 g/mol. The number of H-pyrrole nitrogens is 1. The number of aromatic nitrogens is 7. The SMILES string of the molecule is C[C@@H](N=C=O)c1ccccc1.C[C@H](c1ccccc1)n1nnc2c(C(N)=O)ncn2c1=O.NC(=O)c1[nH]cnc1N=[NH2+]. The molecule has 214 valence electrons. The maximum absolute atomic E-state index is 12.4. The van der Waals surface area contributed by atoms with Crippen molar-refractivity contribution < 1.29 is 19.9 Å². The summed E-state index contributed by atoms with van der Waals surface area (Å²) in [6, 6.07) is 18.7. The number of hydrogen-bond donors (Lipinski definition) is 4. The van der Waals surface area contributed by atoms with Crippen LogP contribution >= 0.6 is 0 Å². The first-order valence-electron chi connectivity index (χ1n) is 12.2. The molecule has 7 N–H and O–H groups in total. The first kappa shape index (κ1) is 30.4. The first-order chi connectivity index (χ1) is 20.2. The fourth-order valence-corrected chi connectivity index (χ4v) is 3.56. The van der Waals surface area contributed by atoms with Crippen molar-refractivity contribution in [3.63, 3.8) is 0 Å². The molecule has 0 radical (unpaired) electrons. The molecule has 16 heteroatoms. The van der Waals surface area contributed by atoms with Gasteiger partial charge in [-0.25, -0.2) is 24.0 Å². The van der Waals surface area contributed by atoms with Gasteiger partial charge in [0.1, 0.15) is 6.33 Å². The van der Waals surface area contributed by atoms with Crippen LogP contribution in [0.4, 0.5) is 5.82 Å². The quantitative estimate of drug-likeness (QED) is 0.121. The van der Waals surface area contributed by atoms with E-state index in [1.807, 2.05) is 74.5 Å². The molecule has 5 rings (SSSR count). The Bertz CT molecular complexity index is 1770. The second-order valence-electron chi connectivity index (χ2n) is 8.46. The van der Waals surface area contributed by atoms with E-state index in [1.165, 1.54) is 17.3 Å². The molecule has 0 spiro atoms. The van der Waals surface area contributed by atoms with Crippen molar-refractivity contribution in [3.05, 3.63) is 106 Å². The van der Waals surface area contributed by atoms with E-state index < -0.39 is 17.5 Å². The summed E-state index contributed by atoms with van der Waals surface area (Å²) in [4.78, 5) is 57.5. The van der Waals surface area contributed by atoms with E-state index in [2.05, 4.69) is 35.4 Å². The van der Waals surface area contributed by atoms with Crippen molar-refractivity contribution in [1.82, 2.24) is 34.3 Å². The van der Waals surface area contributed by atoms with Crippen LogP contribution in [0, 0.1) is 0 Å². The van der Waals surface area contributed by atoms with E-state index in [-0.39, 0.29) is 34.9 Å². The third-order valence-corrected chi connectivity index (χ3v) is 5.78. The number of nitrogens with one attached hydrogen (secondary N) is 1. The molecular formula is C26H27N12O4+. The van der Waals surface area contributed by atoms with Gasteiger partial charge in [-0.15, -0.1) is 5.10 Å². The van der Waals surface area contributed by atoms with Gasteiger partial charge in [0.2, 0.25) is 11.9 Å². The fraction of sp³-hybridized carbons (Fsp3) is 0.154. The van der Waals surface area contributed by atoms with Gasteiger partial charge < -0.3 is 16.5 Å². The molecule has 0 saturated heterocycles. The fourth-order valence-electron chi connectivity index (χ4n) is 3.56. The van der Waals surface area contributed by atoms with Crippen LogP contribution in [0.25, 0.3) is 5.65 Å². The lowest BCUT2D eigenvalue weighted by Crippen LogP contribution is -2.32.